The quantitative estimate of drug-likeness (QED) is 0.720. The fourth-order valence-electron chi connectivity index (χ4n) is 3.14. The highest BCUT2D eigenvalue weighted by Gasteiger charge is 2.33. The zero-order valence-electron chi connectivity index (χ0n) is 13.2. The molecule has 2 amide bonds. The molecule has 3 aromatic rings. The predicted molar refractivity (Wildman–Crippen MR) is 92.7 cm³/mol. The van der Waals surface area contributed by atoms with Crippen LogP contribution in [0.2, 0.25) is 0 Å². The zero-order valence-corrected chi connectivity index (χ0v) is 14.0. The molecule has 1 unspecified atom stereocenters. The lowest BCUT2D eigenvalue weighted by Crippen LogP contribution is -2.44. The van der Waals surface area contributed by atoms with E-state index in [0.717, 1.165) is 22.7 Å². The third-order valence-electron chi connectivity index (χ3n) is 4.31. The highest BCUT2D eigenvalue weighted by atomic mass is 32.1. The topological polar surface area (TPSA) is 37.3 Å². The lowest BCUT2D eigenvalue weighted by atomic mass is 10.1. The fraction of sp³-hybridized carbons (Fsp3) is 0.167. The van der Waals surface area contributed by atoms with Crippen LogP contribution in [0.15, 0.2) is 54.0 Å². The van der Waals surface area contributed by atoms with E-state index in [1.165, 1.54) is 6.07 Å². The minimum absolute atomic E-state index is 0.279. The van der Waals surface area contributed by atoms with Gasteiger partial charge in [-0.1, -0.05) is 12.1 Å². The Morgan fingerprint density at radius 2 is 1.88 bits per heavy atom. The number of amides is 2. The van der Waals surface area contributed by atoms with Gasteiger partial charge in [0, 0.05) is 29.9 Å². The molecule has 0 fully saturated rings. The summed E-state index contributed by atoms with van der Waals surface area (Å²) in [6, 6.07) is 10.5. The van der Waals surface area contributed by atoms with Gasteiger partial charge in [0.05, 0.1) is 0 Å². The number of hydrogen-bond donors (Lipinski definition) is 1. The van der Waals surface area contributed by atoms with Crippen LogP contribution >= 0.6 is 11.3 Å². The Morgan fingerprint density at radius 1 is 1.08 bits per heavy atom. The SMILES string of the molecule is O=C(Nc1c(F)cccc1F)N1CCn2cccc2C1c1cccs1. The molecule has 1 aliphatic heterocycles. The number of para-hydroxylation sites is 1. The molecule has 7 heteroatoms. The molecule has 4 nitrogen and oxygen atoms in total. The first-order chi connectivity index (χ1) is 12.1. The van der Waals surface area contributed by atoms with Gasteiger partial charge in [0.2, 0.25) is 0 Å². The first-order valence-corrected chi connectivity index (χ1v) is 8.73. The maximum Gasteiger partial charge on any atom is 0.322 e. The molecular weight excluding hydrogens is 344 g/mol. The Balaban J connectivity index is 1.68. The van der Waals surface area contributed by atoms with Crippen molar-refractivity contribution in [1.29, 1.82) is 0 Å². The van der Waals surface area contributed by atoms with Crippen LogP contribution in [0, 0.1) is 11.6 Å². The Kier molecular flexibility index (Phi) is 4.01. The van der Waals surface area contributed by atoms with E-state index in [-0.39, 0.29) is 6.04 Å². The van der Waals surface area contributed by atoms with Crippen LogP contribution in [0.5, 0.6) is 0 Å². The maximum absolute atomic E-state index is 13.9. The second kappa shape index (κ2) is 6.33. The number of fused-ring (bicyclic) bond motifs is 1. The van der Waals surface area contributed by atoms with E-state index in [2.05, 4.69) is 9.88 Å². The summed E-state index contributed by atoms with van der Waals surface area (Å²) in [6.45, 7) is 1.09. The third-order valence-corrected chi connectivity index (χ3v) is 5.23. The summed E-state index contributed by atoms with van der Waals surface area (Å²) in [5, 5.41) is 4.34. The molecule has 0 saturated heterocycles. The molecule has 0 aliphatic carbocycles. The number of aromatic nitrogens is 1. The van der Waals surface area contributed by atoms with Crippen molar-refractivity contribution >= 4 is 23.1 Å². The first-order valence-electron chi connectivity index (χ1n) is 7.85. The van der Waals surface area contributed by atoms with Gasteiger partial charge in [-0.05, 0) is 35.7 Å². The molecule has 3 heterocycles. The maximum atomic E-state index is 13.9. The Bertz CT molecular complexity index is 887. The van der Waals surface area contributed by atoms with Crippen molar-refractivity contribution in [3.8, 4) is 0 Å². The third kappa shape index (κ3) is 2.80. The van der Waals surface area contributed by atoms with Crippen molar-refractivity contribution in [2.75, 3.05) is 11.9 Å². The number of nitrogens with zero attached hydrogens (tertiary/aromatic N) is 2. The van der Waals surface area contributed by atoms with Crippen LogP contribution in [0.1, 0.15) is 16.6 Å². The largest absolute Gasteiger partial charge is 0.347 e. The van der Waals surface area contributed by atoms with Crippen molar-refractivity contribution in [1.82, 2.24) is 9.47 Å². The van der Waals surface area contributed by atoms with Gasteiger partial charge < -0.3 is 14.8 Å². The number of nitrogens with one attached hydrogen (secondary N) is 1. The molecule has 2 aromatic heterocycles. The number of urea groups is 1. The number of hydrogen-bond acceptors (Lipinski definition) is 2. The number of thiophene rings is 1. The summed E-state index contributed by atoms with van der Waals surface area (Å²) in [4.78, 5) is 15.4. The Labute approximate surface area is 147 Å². The minimum Gasteiger partial charge on any atom is -0.347 e. The molecule has 1 aromatic carbocycles. The van der Waals surface area contributed by atoms with Crippen molar-refractivity contribution < 1.29 is 13.6 Å². The first kappa shape index (κ1) is 15.8. The molecule has 0 saturated carbocycles. The predicted octanol–water partition coefficient (Wildman–Crippen LogP) is 4.46. The number of carbonyl (C=O) groups is 1. The number of anilines is 1. The van der Waals surface area contributed by atoms with Gasteiger partial charge in [-0.3, -0.25) is 0 Å². The monoisotopic (exact) mass is 359 g/mol. The van der Waals surface area contributed by atoms with E-state index in [9.17, 15) is 13.6 Å². The summed E-state index contributed by atoms with van der Waals surface area (Å²) >= 11 is 1.55. The van der Waals surface area contributed by atoms with Crippen LogP contribution in [0.25, 0.3) is 0 Å². The van der Waals surface area contributed by atoms with Crippen LogP contribution in [-0.4, -0.2) is 22.0 Å². The van der Waals surface area contributed by atoms with Gasteiger partial charge in [-0.15, -0.1) is 11.3 Å². The smallest absolute Gasteiger partial charge is 0.322 e. The van der Waals surface area contributed by atoms with Gasteiger partial charge in [-0.2, -0.15) is 0 Å². The van der Waals surface area contributed by atoms with Crippen LogP contribution < -0.4 is 5.32 Å². The molecule has 0 spiro atoms. The summed E-state index contributed by atoms with van der Waals surface area (Å²) in [5.41, 5.74) is 0.566. The van der Waals surface area contributed by atoms with E-state index in [4.69, 9.17) is 0 Å². The molecule has 0 radical (unpaired) electrons. The fourth-order valence-corrected chi connectivity index (χ4v) is 3.99. The zero-order chi connectivity index (χ0) is 17.4. The lowest BCUT2D eigenvalue weighted by Gasteiger charge is -2.36. The van der Waals surface area contributed by atoms with E-state index >= 15 is 0 Å². The number of carbonyl (C=O) groups excluding carboxylic acids is 1. The molecule has 1 atom stereocenters. The van der Waals surface area contributed by atoms with Gasteiger partial charge in [-0.25, -0.2) is 13.6 Å². The van der Waals surface area contributed by atoms with Gasteiger partial charge in [0.1, 0.15) is 23.4 Å². The van der Waals surface area contributed by atoms with Crippen molar-refractivity contribution in [2.45, 2.75) is 12.6 Å². The molecule has 0 bridgehead atoms. The van der Waals surface area contributed by atoms with Crippen molar-refractivity contribution in [3.05, 3.63) is 76.2 Å². The molecule has 1 N–H and O–H groups in total. The number of rotatable bonds is 2. The van der Waals surface area contributed by atoms with Gasteiger partial charge >= 0.3 is 6.03 Å². The van der Waals surface area contributed by atoms with Crippen LogP contribution in [-0.2, 0) is 6.54 Å². The summed E-state index contributed by atoms with van der Waals surface area (Å²) < 4.78 is 29.8. The summed E-state index contributed by atoms with van der Waals surface area (Å²) in [5.74, 6) is -1.58. The number of benzene rings is 1. The molecule has 4 rings (SSSR count). The Morgan fingerprint density at radius 3 is 2.60 bits per heavy atom. The van der Waals surface area contributed by atoms with Crippen LogP contribution in [0.3, 0.4) is 0 Å². The standard InChI is InChI=1S/C18H15F2N3OS/c19-12-4-1-5-13(20)16(12)21-18(24)23-10-9-22-8-2-6-14(22)17(23)15-7-3-11-25-15/h1-8,11,17H,9-10H2,(H,21,24). The van der Waals surface area contributed by atoms with E-state index in [1.807, 2.05) is 35.8 Å². The van der Waals surface area contributed by atoms with Crippen molar-refractivity contribution in [2.24, 2.45) is 0 Å². The molecule has 1 aliphatic rings. The lowest BCUT2D eigenvalue weighted by molar-refractivity contribution is 0.182. The van der Waals surface area contributed by atoms with Crippen molar-refractivity contribution in [3.63, 3.8) is 0 Å². The average Bonchev–Trinajstić information content (AvgIpc) is 3.28. The van der Waals surface area contributed by atoms with Crippen LogP contribution in [0.4, 0.5) is 19.3 Å². The average molecular weight is 359 g/mol. The van der Waals surface area contributed by atoms with Gasteiger partial charge in [0.25, 0.3) is 0 Å². The second-order valence-corrected chi connectivity index (χ2v) is 6.74. The normalized spacial score (nSPS) is 16.6. The molecule has 128 valence electrons. The van der Waals surface area contributed by atoms with E-state index in [0.29, 0.717) is 13.1 Å². The molecule has 25 heavy (non-hydrogen) atoms. The highest BCUT2D eigenvalue weighted by Crippen LogP contribution is 2.35. The summed E-state index contributed by atoms with van der Waals surface area (Å²) in [6.07, 6.45) is 1.97. The summed E-state index contributed by atoms with van der Waals surface area (Å²) in [7, 11) is 0. The minimum atomic E-state index is -0.790. The molecular formula is C18H15F2N3OS. The number of halogens is 2. The Hall–Kier alpha value is -2.67. The van der Waals surface area contributed by atoms with E-state index < -0.39 is 23.4 Å². The van der Waals surface area contributed by atoms with E-state index in [1.54, 1.807) is 16.2 Å². The highest BCUT2D eigenvalue weighted by molar-refractivity contribution is 7.10. The van der Waals surface area contributed by atoms with Gasteiger partial charge in [0.15, 0.2) is 0 Å². The second-order valence-electron chi connectivity index (χ2n) is 5.76.